The number of nitrogen functional groups attached to an aromatic ring is 1. The van der Waals surface area contributed by atoms with E-state index in [9.17, 15) is 9.59 Å². The predicted octanol–water partition coefficient (Wildman–Crippen LogP) is 4.47. The molecule has 0 radical (unpaired) electrons. The van der Waals surface area contributed by atoms with Crippen LogP contribution in [-0.4, -0.2) is 67.7 Å². The second kappa shape index (κ2) is 13.9. The summed E-state index contributed by atoms with van der Waals surface area (Å²) in [6.07, 6.45) is -0.300. The SMILES string of the molecule is CC(C)(C)OC(=O)N1CCN(c2ccc(C(=O)N=C(N)c3ccc(OCCOCc4ccccc4)cc3N)cc2)CC1. The molecule has 0 aromatic heterocycles. The van der Waals surface area contributed by atoms with E-state index >= 15 is 0 Å². The zero-order chi connectivity index (χ0) is 30.1. The summed E-state index contributed by atoms with van der Waals surface area (Å²) < 4.78 is 16.8. The lowest BCUT2D eigenvalue weighted by atomic mass is 10.1. The summed E-state index contributed by atoms with van der Waals surface area (Å²) >= 11 is 0. The Kier molecular flexibility index (Phi) is 10.0. The van der Waals surface area contributed by atoms with Crippen molar-refractivity contribution in [2.45, 2.75) is 33.0 Å². The lowest BCUT2D eigenvalue weighted by Gasteiger charge is -2.36. The minimum absolute atomic E-state index is 0.0255. The summed E-state index contributed by atoms with van der Waals surface area (Å²) in [5, 5.41) is 0. The van der Waals surface area contributed by atoms with Gasteiger partial charge in [-0.25, -0.2) is 4.79 Å². The number of amidine groups is 1. The van der Waals surface area contributed by atoms with Crippen molar-refractivity contribution in [1.29, 1.82) is 0 Å². The molecule has 1 aliphatic heterocycles. The number of amides is 2. The predicted molar refractivity (Wildman–Crippen MR) is 164 cm³/mol. The van der Waals surface area contributed by atoms with Crippen LogP contribution in [0.1, 0.15) is 42.3 Å². The number of hydrogen-bond donors (Lipinski definition) is 2. The van der Waals surface area contributed by atoms with Crippen LogP contribution in [0.25, 0.3) is 0 Å². The first-order valence-corrected chi connectivity index (χ1v) is 13.9. The number of piperazine rings is 1. The van der Waals surface area contributed by atoms with Crippen LogP contribution in [0.5, 0.6) is 5.75 Å². The number of hydrogen-bond acceptors (Lipinski definition) is 7. The van der Waals surface area contributed by atoms with E-state index in [1.54, 1.807) is 35.2 Å². The van der Waals surface area contributed by atoms with E-state index in [1.807, 2.05) is 63.2 Å². The highest BCUT2D eigenvalue weighted by Crippen LogP contribution is 2.22. The van der Waals surface area contributed by atoms with Crippen LogP contribution in [-0.2, 0) is 16.1 Å². The molecule has 0 aliphatic carbocycles. The Morgan fingerprint density at radius 3 is 2.24 bits per heavy atom. The van der Waals surface area contributed by atoms with Crippen molar-refractivity contribution < 1.29 is 23.8 Å². The molecule has 0 unspecified atom stereocenters. The molecule has 3 aromatic carbocycles. The van der Waals surface area contributed by atoms with Crippen LogP contribution in [0.15, 0.2) is 77.8 Å². The second-order valence-corrected chi connectivity index (χ2v) is 10.9. The first kappa shape index (κ1) is 30.4. The monoisotopic (exact) mass is 573 g/mol. The maximum absolute atomic E-state index is 12.8. The molecule has 2 amide bonds. The van der Waals surface area contributed by atoms with Crippen LogP contribution < -0.4 is 21.1 Å². The van der Waals surface area contributed by atoms with Gasteiger partial charge in [0.25, 0.3) is 5.91 Å². The fourth-order valence-electron chi connectivity index (χ4n) is 4.37. The molecule has 1 aliphatic rings. The number of nitrogens with zero attached hydrogens (tertiary/aromatic N) is 3. The average molecular weight is 574 g/mol. The third kappa shape index (κ3) is 8.71. The van der Waals surface area contributed by atoms with E-state index in [0.29, 0.717) is 68.6 Å². The van der Waals surface area contributed by atoms with Crippen molar-refractivity contribution in [2.24, 2.45) is 10.7 Å². The maximum Gasteiger partial charge on any atom is 0.410 e. The molecular weight excluding hydrogens is 534 g/mol. The molecule has 10 heteroatoms. The lowest BCUT2D eigenvalue weighted by molar-refractivity contribution is 0.0240. The molecule has 4 N–H and O–H groups in total. The van der Waals surface area contributed by atoms with E-state index in [2.05, 4.69) is 9.89 Å². The Labute approximate surface area is 246 Å². The molecule has 42 heavy (non-hydrogen) atoms. The van der Waals surface area contributed by atoms with E-state index in [-0.39, 0.29) is 11.9 Å². The highest BCUT2D eigenvalue weighted by Gasteiger charge is 2.26. The van der Waals surface area contributed by atoms with Gasteiger partial charge in [0, 0.05) is 54.7 Å². The van der Waals surface area contributed by atoms with E-state index in [4.69, 9.17) is 25.7 Å². The van der Waals surface area contributed by atoms with Crippen LogP contribution in [0, 0.1) is 0 Å². The maximum atomic E-state index is 12.8. The third-order valence-electron chi connectivity index (χ3n) is 6.54. The molecule has 1 heterocycles. The van der Waals surface area contributed by atoms with Gasteiger partial charge in [0.05, 0.1) is 13.2 Å². The molecule has 3 aromatic rings. The molecular formula is C32H39N5O5. The number of carbonyl (C=O) groups is 2. The van der Waals surface area contributed by atoms with Gasteiger partial charge in [-0.1, -0.05) is 30.3 Å². The minimum Gasteiger partial charge on any atom is -0.491 e. The van der Waals surface area contributed by atoms with Crippen LogP contribution >= 0.6 is 0 Å². The number of carbonyl (C=O) groups excluding carboxylic acids is 2. The van der Waals surface area contributed by atoms with Crippen molar-refractivity contribution in [1.82, 2.24) is 4.90 Å². The van der Waals surface area contributed by atoms with Crippen molar-refractivity contribution in [3.63, 3.8) is 0 Å². The van der Waals surface area contributed by atoms with Gasteiger partial charge >= 0.3 is 6.09 Å². The fraction of sp³-hybridized carbons (Fsp3) is 0.344. The fourth-order valence-corrected chi connectivity index (χ4v) is 4.37. The Balaban J connectivity index is 1.26. The Morgan fingerprint density at radius 1 is 0.905 bits per heavy atom. The summed E-state index contributed by atoms with van der Waals surface area (Å²) in [7, 11) is 0. The second-order valence-electron chi connectivity index (χ2n) is 10.9. The van der Waals surface area contributed by atoms with Gasteiger partial charge < -0.3 is 35.5 Å². The van der Waals surface area contributed by atoms with Gasteiger partial charge in [0.1, 0.15) is 23.8 Å². The normalized spacial score (nSPS) is 14.0. The molecule has 4 rings (SSSR count). The third-order valence-corrected chi connectivity index (χ3v) is 6.54. The highest BCUT2D eigenvalue weighted by atomic mass is 16.6. The number of nitrogens with two attached hydrogens (primary N) is 2. The first-order chi connectivity index (χ1) is 20.1. The number of ether oxygens (including phenoxy) is 3. The number of rotatable bonds is 9. The Morgan fingerprint density at radius 2 is 1.60 bits per heavy atom. The lowest BCUT2D eigenvalue weighted by Crippen LogP contribution is -2.50. The van der Waals surface area contributed by atoms with Crippen molar-refractivity contribution >= 4 is 29.2 Å². The molecule has 0 spiro atoms. The molecule has 222 valence electrons. The van der Waals surface area contributed by atoms with E-state index in [1.165, 1.54) is 0 Å². The summed E-state index contributed by atoms with van der Waals surface area (Å²) in [5.41, 5.74) is 15.1. The first-order valence-electron chi connectivity index (χ1n) is 13.9. The topological polar surface area (TPSA) is 133 Å². The molecule has 1 fully saturated rings. The van der Waals surface area contributed by atoms with Gasteiger partial charge in [0.15, 0.2) is 0 Å². The average Bonchev–Trinajstić information content (AvgIpc) is 2.97. The van der Waals surface area contributed by atoms with Crippen LogP contribution in [0.4, 0.5) is 16.2 Å². The van der Waals surface area contributed by atoms with Crippen LogP contribution in [0.3, 0.4) is 0 Å². The summed E-state index contributed by atoms with van der Waals surface area (Å²) in [5.74, 6) is 0.128. The van der Waals surface area contributed by atoms with Gasteiger partial charge in [-0.3, -0.25) is 4.79 Å². The molecule has 0 saturated carbocycles. The van der Waals surface area contributed by atoms with E-state index in [0.717, 1.165) is 11.3 Å². The van der Waals surface area contributed by atoms with E-state index < -0.39 is 11.5 Å². The number of anilines is 2. The number of benzene rings is 3. The zero-order valence-electron chi connectivity index (χ0n) is 24.4. The Hall–Kier alpha value is -4.57. The van der Waals surface area contributed by atoms with Crippen molar-refractivity contribution in [3.05, 3.63) is 89.5 Å². The highest BCUT2D eigenvalue weighted by molar-refractivity contribution is 6.11. The minimum atomic E-state index is -0.523. The summed E-state index contributed by atoms with van der Waals surface area (Å²) in [6, 6.07) is 22.1. The van der Waals surface area contributed by atoms with Gasteiger partial charge in [-0.05, 0) is 62.7 Å². The summed E-state index contributed by atoms with van der Waals surface area (Å²) in [6.45, 7) is 9.32. The molecule has 0 atom stereocenters. The van der Waals surface area contributed by atoms with Gasteiger partial charge in [0.2, 0.25) is 0 Å². The standard InChI is InChI=1S/C32H39N5O5/c1-32(2,3)42-31(39)37-17-15-36(16-18-37)25-11-9-24(10-12-25)30(38)35-29(34)27-14-13-26(21-28(27)33)41-20-19-40-22-23-7-5-4-6-8-23/h4-14,21H,15-20,22,33H2,1-3H3,(H2,34,35,38). The zero-order valence-corrected chi connectivity index (χ0v) is 24.4. The molecule has 10 nitrogen and oxygen atoms in total. The summed E-state index contributed by atoms with van der Waals surface area (Å²) in [4.78, 5) is 33.1. The quantitative estimate of drug-likeness (QED) is 0.166. The van der Waals surface area contributed by atoms with Crippen molar-refractivity contribution in [3.8, 4) is 5.75 Å². The largest absolute Gasteiger partial charge is 0.491 e. The molecule has 0 bridgehead atoms. The Bertz CT molecular complexity index is 1380. The van der Waals surface area contributed by atoms with Crippen LogP contribution in [0.2, 0.25) is 0 Å². The van der Waals surface area contributed by atoms with Crippen molar-refractivity contribution in [2.75, 3.05) is 50.0 Å². The smallest absolute Gasteiger partial charge is 0.410 e. The van der Waals surface area contributed by atoms with Gasteiger partial charge in [-0.15, -0.1) is 0 Å². The van der Waals surface area contributed by atoms with Gasteiger partial charge in [-0.2, -0.15) is 4.99 Å². The number of aliphatic imine (C=N–C) groups is 1. The molecule has 1 saturated heterocycles.